The Bertz CT molecular complexity index is 424. The summed E-state index contributed by atoms with van der Waals surface area (Å²) in [6, 6.07) is 8.48. The molecule has 0 N–H and O–H groups in total. The molecule has 2 nitrogen and oxygen atoms in total. The lowest BCUT2D eigenvalue weighted by Gasteiger charge is -2.32. The molecule has 1 aliphatic heterocycles. The molecule has 0 aromatic heterocycles. The molecule has 0 aliphatic carbocycles. The molecular weight excluding hydrogens is 235 g/mol. The van der Waals surface area contributed by atoms with E-state index in [-0.39, 0.29) is 18.3 Å². The van der Waals surface area contributed by atoms with Crippen LogP contribution >= 0.6 is 0 Å². The zero-order chi connectivity index (χ0) is 14.1. The van der Waals surface area contributed by atoms with E-state index in [9.17, 15) is 0 Å². The third kappa shape index (κ3) is 2.87. The van der Waals surface area contributed by atoms with Gasteiger partial charge in [0.2, 0.25) is 0 Å². The van der Waals surface area contributed by atoms with Crippen LogP contribution in [0.25, 0.3) is 0 Å². The number of benzene rings is 1. The number of aryl methyl sites for hydroxylation is 1. The highest BCUT2D eigenvalue weighted by atomic mass is 16.7. The molecule has 19 heavy (non-hydrogen) atoms. The maximum absolute atomic E-state index is 6.15. The highest BCUT2D eigenvalue weighted by molar-refractivity contribution is 6.62. The van der Waals surface area contributed by atoms with Crippen molar-refractivity contribution in [1.82, 2.24) is 0 Å². The molecule has 2 rings (SSSR count). The highest BCUT2D eigenvalue weighted by Gasteiger charge is 2.52. The van der Waals surface area contributed by atoms with Crippen LogP contribution in [0.2, 0.25) is 0 Å². The molecule has 1 saturated heterocycles. The van der Waals surface area contributed by atoms with E-state index in [1.807, 2.05) is 0 Å². The van der Waals surface area contributed by atoms with E-state index in [4.69, 9.17) is 9.31 Å². The SMILES string of the molecule is CCCCc1ccccc1B1OC(C)(C)C(C)(C)O1. The van der Waals surface area contributed by atoms with Crippen molar-refractivity contribution < 1.29 is 9.31 Å². The molecule has 1 aliphatic rings. The lowest BCUT2D eigenvalue weighted by atomic mass is 9.75. The topological polar surface area (TPSA) is 18.5 Å². The first-order chi connectivity index (χ1) is 8.87. The summed E-state index contributed by atoms with van der Waals surface area (Å²) in [5.41, 5.74) is 2.00. The van der Waals surface area contributed by atoms with Crippen molar-refractivity contribution in [2.75, 3.05) is 0 Å². The van der Waals surface area contributed by atoms with Crippen LogP contribution in [-0.4, -0.2) is 18.3 Å². The first kappa shape index (κ1) is 14.6. The fourth-order valence-corrected chi connectivity index (χ4v) is 2.33. The summed E-state index contributed by atoms with van der Waals surface area (Å²) >= 11 is 0. The molecule has 0 saturated carbocycles. The Morgan fingerprint density at radius 3 is 2.16 bits per heavy atom. The molecule has 0 amide bonds. The van der Waals surface area contributed by atoms with E-state index in [0.717, 1.165) is 6.42 Å². The average molecular weight is 260 g/mol. The van der Waals surface area contributed by atoms with Crippen molar-refractivity contribution >= 4 is 12.6 Å². The summed E-state index contributed by atoms with van der Waals surface area (Å²) < 4.78 is 12.3. The van der Waals surface area contributed by atoms with Gasteiger partial charge >= 0.3 is 7.12 Å². The Morgan fingerprint density at radius 2 is 1.58 bits per heavy atom. The molecule has 1 aromatic carbocycles. The minimum Gasteiger partial charge on any atom is -0.399 e. The van der Waals surface area contributed by atoms with Gasteiger partial charge in [0.15, 0.2) is 0 Å². The molecule has 3 heteroatoms. The van der Waals surface area contributed by atoms with E-state index in [0.29, 0.717) is 0 Å². The quantitative estimate of drug-likeness (QED) is 0.773. The fourth-order valence-electron chi connectivity index (χ4n) is 2.33. The smallest absolute Gasteiger partial charge is 0.399 e. The molecule has 1 aromatic rings. The van der Waals surface area contributed by atoms with Gasteiger partial charge in [0.05, 0.1) is 11.2 Å². The normalized spacial score (nSPS) is 20.8. The molecule has 0 unspecified atom stereocenters. The Balaban J connectivity index is 2.24. The summed E-state index contributed by atoms with van der Waals surface area (Å²) in [5.74, 6) is 0. The van der Waals surface area contributed by atoms with Gasteiger partial charge in [0, 0.05) is 0 Å². The van der Waals surface area contributed by atoms with Gasteiger partial charge < -0.3 is 9.31 Å². The van der Waals surface area contributed by atoms with E-state index in [1.54, 1.807) is 0 Å². The Hall–Kier alpha value is -0.795. The van der Waals surface area contributed by atoms with E-state index in [1.165, 1.54) is 23.9 Å². The van der Waals surface area contributed by atoms with Crippen LogP contribution in [0.1, 0.15) is 53.0 Å². The van der Waals surface area contributed by atoms with Crippen LogP contribution in [0.4, 0.5) is 0 Å². The zero-order valence-electron chi connectivity index (χ0n) is 12.8. The minimum atomic E-state index is -0.268. The maximum Gasteiger partial charge on any atom is 0.495 e. The van der Waals surface area contributed by atoms with E-state index >= 15 is 0 Å². The third-order valence-corrected chi connectivity index (χ3v) is 4.36. The van der Waals surface area contributed by atoms with Crippen molar-refractivity contribution in [2.45, 2.75) is 65.1 Å². The summed E-state index contributed by atoms with van der Waals surface area (Å²) in [7, 11) is -0.238. The van der Waals surface area contributed by atoms with Crippen LogP contribution in [-0.2, 0) is 15.7 Å². The first-order valence-electron chi connectivity index (χ1n) is 7.31. The lowest BCUT2D eigenvalue weighted by molar-refractivity contribution is 0.00578. The summed E-state index contributed by atoms with van der Waals surface area (Å²) in [6.45, 7) is 10.6. The molecule has 0 bridgehead atoms. The first-order valence-corrected chi connectivity index (χ1v) is 7.31. The minimum absolute atomic E-state index is 0.238. The fraction of sp³-hybridized carbons (Fsp3) is 0.625. The van der Waals surface area contributed by atoms with Crippen LogP contribution < -0.4 is 5.46 Å². The van der Waals surface area contributed by atoms with Crippen molar-refractivity contribution in [3.05, 3.63) is 29.8 Å². The Morgan fingerprint density at radius 1 is 1.00 bits per heavy atom. The van der Waals surface area contributed by atoms with Gasteiger partial charge in [0.1, 0.15) is 0 Å². The zero-order valence-corrected chi connectivity index (χ0v) is 12.8. The average Bonchev–Trinajstić information content (AvgIpc) is 2.56. The van der Waals surface area contributed by atoms with Crippen molar-refractivity contribution in [3.63, 3.8) is 0 Å². The second-order valence-electron chi connectivity index (χ2n) is 6.39. The second kappa shape index (κ2) is 5.30. The van der Waals surface area contributed by atoms with Gasteiger partial charge in [-0.1, -0.05) is 37.6 Å². The monoisotopic (exact) mass is 260 g/mol. The Kier molecular flexibility index (Phi) is 4.07. The van der Waals surface area contributed by atoms with Gasteiger partial charge in [-0.3, -0.25) is 0 Å². The number of hydrogen-bond donors (Lipinski definition) is 0. The molecule has 104 valence electrons. The van der Waals surface area contributed by atoms with Gasteiger partial charge in [-0.25, -0.2) is 0 Å². The molecule has 1 heterocycles. The van der Waals surface area contributed by atoms with Crippen molar-refractivity contribution in [3.8, 4) is 0 Å². The molecule has 1 fully saturated rings. The summed E-state index contributed by atoms with van der Waals surface area (Å²) in [4.78, 5) is 0. The van der Waals surface area contributed by atoms with Crippen LogP contribution in [0, 0.1) is 0 Å². The predicted molar refractivity (Wildman–Crippen MR) is 80.8 cm³/mol. The Labute approximate surface area is 117 Å². The van der Waals surface area contributed by atoms with Crippen molar-refractivity contribution in [2.24, 2.45) is 0 Å². The van der Waals surface area contributed by atoms with Gasteiger partial charge in [-0.05, 0) is 51.6 Å². The standard InChI is InChI=1S/C16H25BO2/c1-6-7-10-13-11-8-9-12-14(13)17-18-15(2,3)16(4,5)19-17/h8-9,11-12H,6-7,10H2,1-5H3. The van der Waals surface area contributed by atoms with Crippen molar-refractivity contribution in [1.29, 1.82) is 0 Å². The third-order valence-electron chi connectivity index (χ3n) is 4.36. The lowest BCUT2D eigenvalue weighted by Crippen LogP contribution is -2.41. The predicted octanol–water partition coefficient (Wildman–Crippen LogP) is 3.33. The second-order valence-corrected chi connectivity index (χ2v) is 6.39. The molecule has 0 spiro atoms. The highest BCUT2D eigenvalue weighted by Crippen LogP contribution is 2.36. The van der Waals surface area contributed by atoms with Gasteiger partial charge in [-0.2, -0.15) is 0 Å². The van der Waals surface area contributed by atoms with Gasteiger partial charge in [-0.15, -0.1) is 0 Å². The summed E-state index contributed by atoms with van der Waals surface area (Å²) in [5, 5.41) is 0. The largest absolute Gasteiger partial charge is 0.495 e. The maximum atomic E-state index is 6.15. The van der Waals surface area contributed by atoms with Crippen LogP contribution in [0.3, 0.4) is 0 Å². The van der Waals surface area contributed by atoms with E-state index in [2.05, 4.69) is 58.9 Å². The van der Waals surface area contributed by atoms with Crippen LogP contribution in [0.5, 0.6) is 0 Å². The van der Waals surface area contributed by atoms with Crippen LogP contribution in [0.15, 0.2) is 24.3 Å². The summed E-state index contributed by atoms with van der Waals surface area (Å²) in [6.07, 6.45) is 3.50. The molecule has 0 radical (unpaired) electrons. The number of unbranched alkanes of at least 4 members (excludes halogenated alkanes) is 1. The van der Waals surface area contributed by atoms with Gasteiger partial charge in [0.25, 0.3) is 0 Å². The number of rotatable bonds is 4. The number of hydrogen-bond acceptors (Lipinski definition) is 2. The molecule has 0 atom stereocenters. The van der Waals surface area contributed by atoms with E-state index < -0.39 is 0 Å². The molecular formula is C16H25BO2.